The van der Waals surface area contributed by atoms with E-state index in [9.17, 15) is 4.79 Å². The molecule has 7 nitrogen and oxygen atoms in total. The maximum Gasteiger partial charge on any atom is 0.326 e. The van der Waals surface area contributed by atoms with Crippen LogP contribution in [0.1, 0.15) is 52.3 Å². The maximum atomic E-state index is 12.6. The first-order chi connectivity index (χ1) is 11.4. The largest absolute Gasteiger partial charge is 0.472 e. The molecule has 0 atom stereocenters. The van der Waals surface area contributed by atoms with E-state index in [0.29, 0.717) is 18.3 Å². The molecule has 0 saturated heterocycles. The summed E-state index contributed by atoms with van der Waals surface area (Å²) in [4.78, 5) is 17.0. The standard InChI is InChI=1S/C17H23N3O4/c1-16(2,3)23-15(21)17(7-4-5-8-17)18-10-13-19-14(24-20-13)12-6-9-22-11-12/h6,9,11,18H,4-5,7-8,10H2,1-3H3. The summed E-state index contributed by atoms with van der Waals surface area (Å²) in [7, 11) is 0. The van der Waals surface area contributed by atoms with Gasteiger partial charge in [0.15, 0.2) is 5.82 Å². The third-order valence-corrected chi connectivity index (χ3v) is 4.07. The van der Waals surface area contributed by atoms with E-state index >= 15 is 0 Å². The second-order valence-corrected chi connectivity index (χ2v) is 7.17. The molecule has 3 rings (SSSR count). The molecule has 0 bridgehead atoms. The summed E-state index contributed by atoms with van der Waals surface area (Å²) in [6, 6.07) is 1.75. The predicted molar refractivity (Wildman–Crippen MR) is 85.9 cm³/mol. The number of aromatic nitrogens is 2. The SMILES string of the molecule is CC(C)(C)OC(=O)C1(NCc2noc(-c3ccoc3)n2)CCCC1. The molecule has 0 aliphatic heterocycles. The van der Waals surface area contributed by atoms with Crippen molar-refractivity contribution < 1.29 is 18.5 Å². The molecule has 130 valence electrons. The number of rotatable bonds is 5. The molecule has 1 aliphatic carbocycles. The molecule has 2 heterocycles. The van der Waals surface area contributed by atoms with Crippen LogP contribution in [0.4, 0.5) is 0 Å². The summed E-state index contributed by atoms with van der Waals surface area (Å²) in [5.41, 5.74) is -0.435. The van der Waals surface area contributed by atoms with E-state index in [1.54, 1.807) is 18.6 Å². The Bertz CT molecular complexity index is 679. The zero-order chi connectivity index (χ0) is 17.2. The second kappa shape index (κ2) is 6.39. The van der Waals surface area contributed by atoms with Crippen molar-refractivity contribution in [1.82, 2.24) is 15.5 Å². The number of nitrogens with one attached hydrogen (secondary N) is 1. The average molecular weight is 333 g/mol. The first kappa shape index (κ1) is 16.7. The lowest BCUT2D eigenvalue weighted by Gasteiger charge is -2.31. The van der Waals surface area contributed by atoms with Crippen LogP contribution < -0.4 is 5.32 Å². The van der Waals surface area contributed by atoms with E-state index in [4.69, 9.17) is 13.7 Å². The zero-order valence-corrected chi connectivity index (χ0v) is 14.3. The summed E-state index contributed by atoms with van der Waals surface area (Å²) in [5.74, 6) is 0.699. The first-order valence-corrected chi connectivity index (χ1v) is 8.22. The number of hydrogen-bond donors (Lipinski definition) is 1. The molecule has 0 unspecified atom stereocenters. The molecule has 1 fully saturated rings. The topological polar surface area (TPSA) is 90.4 Å². The van der Waals surface area contributed by atoms with Crippen LogP contribution in [0, 0.1) is 0 Å². The van der Waals surface area contributed by atoms with Gasteiger partial charge in [0.2, 0.25) is 0 Å². The van der Waals surface area contributed by atoms with E-state index in [2.05, 4.69) is 15.5 Å². The van der Waals surface area contributed by atoms with E-state index in [1.807, 2.05) is 20.8 Å². The number of furan rings is 1. The quantitative estimate of drug-likeness (QED) is 0.841. The van der Waals surface area contributed by atoms with Crippen LogP contribution in [0.5, 0.6) is 0 Å². The lowest BCUT2D eigenvalue weighted by atomic mass is 9.97. The lowest BCUT2D eigenvalue weighted by molar-refractivity contribution is -0.163. The highest BCUT2D eigenvalue weighted by atomic mass is 16.6. The van der Waals surface area contributed by atoms with Crippen molar-refractivity contribution in [3.05, 3.63) is 24.4 Å². The molecule has 1 saturated carbocycles. The Morgan fingerprint density at radius 3 is 2.75 bits per heavy atom. The number of carbonyl (C=O) groups is 1. The fraction of sp³-hybridized carbons (Fsp3) is 0.588. The summed E-state index contributed by atoms with van der Waals surface area (Å²) >= 11 is 0. The normalized spacial score (nSPS) is 17.1. The number of esters is 1. The molecule has 2 aromatic heterocycles. The van der Waals surface area contributed by atoms with Gasteiger partial charge in [0.25, 0.3) is 5.89 Å². The zero-order valence-electron chi connectivity index (χ0n) is 14.3. The van der Waals surface area contributed by atoms with E-state index < -0.39 is 11.1 Å². The summed E-state index contributed by atoms with van der Waals surface area (Å²) in [6.07, 6.45) is 6.61. The number of carbonyl (C=O) groups excluding carboxylic acids is 1. The van der Waals surface area contributed by atoms with Crippen molar-refractivity contribution in [1.29, 1.82) is 0 Å². The van der Waals surface area contributed by atoms with Crippen molar-refractivity contribution in [3.63, 3.8) is 0 Å². The molecule has 1 aliphatic rings. The minimum absolute atomic E-state index is 0.203. The van der Waals surface area contributed by atoms with Crippen molar-refractivity contribution >= 4 is 5.97 Å². The van der Waals surface area contributed by atoms with Crippen molar-refractivity contribution in [2.24, 2.45) is 0 Å². The third kappa shape index (κ3) is 3.67. The van der Waals surface area contributed by atoms with Crippen LogP contribution in [-0.2, 0) is 16.1 Å². The van der Waals surface area contributed by atoms with Crippen LogP contribution in [0.15, 0.2) is 27.5 Å². The summed E-state index contributed by atoms with van der Waals surface area (Å²) < 4.78 is 15.8. The van der Waals surface area contributed by atoms with Gasteiger partial charge in [-0.2, -0.15) is 4.98 Å². The average Bonchev–Trinajstić information content (AvgIpc) is 3.24. The van der Waals surface area contributed by atoms with Gasteiger partial charge in [0, 0.05) is 0 Å². The van der Waals surface area contributed by atoms with Crippen LogP contribution in [-0.4, -0.2) is 27.2 Å². The predicted octanol–water partition coefficient (Wildman–Crippen LogP) is 3.07. The van der Waals surface area contributed by atoms with Gasteiger partial charge in [-0.1, -0.05) is 18.0 Å². The highest BCUT2D eigenvalue weighted by molar-refractivity contribution is 5.81. The highest BCUT2D eigenvalue weighted by Gasteiger charge is 2.43. The Morgan fingerprint density at radius 2 is 2.12 bits per heavy atom. The Kier molecular flexibility index (Phi) is 4.45. The lowest BCUT2D eigenvalue weighted by Crippen LogP contribution is -2.52. The second-order valence-electron chi connectivity index (χ2n) is 7.17. The Balaban J connectivity index is 1.67. The van der Waals surface area contributed by atoms with Gasteiger partial charge in [-0.3, -0.25) is 10.1 Å². The first-order valence-electron chi connectivity index (χ1n) is 8.22. The molecule has 24 heavy (non-hydrogen) atoms. The van der Waals surface area contributed by atoms with E-state index in [-0.39, 0.29) is 5.97 Å². The molecule has 7 heteroatoms. The van der Waals surface area contributed by atoms with Gasteiger partial charge in [-0.15, -0.1) is 0 Å². The molecule has 0 amide bonds. The Labute approximate surface area is 140 Å². The van der Waals surface area contributed by atoms with Gasteiger partial charge >= 0.3 is 5.97 Å². The number of nitrogens with zero attached hydrogens (tertiary/aromatic N) is 2. The Morgan fingerprint density at radius 1 is 1.38 bits per heavy atom. The van der Waals surface area contributed by atoms with Gasteiger partial charge < -0.3 is 13.7 Å². The molecule has 0 aromatic carbocycles. The highest BCUT2D eigenvalue weighted by Crippen LogP contribution is 2.32. The fourth-order valence-corrected chi connectivity index (χ4v) is 2.88. The molecule has 1 N–H and O–H groups in total. The molecular weight excluding hydrogens is 310 g/mol. The monoisotopic (exact) mass is 333 g/mol. The fourth-order valence-electron chi connectivity index (χ4n) is 2.88. The van der Waals surface area contributed by atoms with Crippen molar-refractivity contribution in [3.8, 4) is 11.5 Å². The molecule has 0 spiro atoms. The maximum absolute atomic E-state index is 12.6. The van der Waals surface area contributed by atoms with Crippen molar-refractivity contribution in [2.45, 2.75) is 64.1 Å². The van der Waals surface area contributed by atoms with Crippen LogP contribution >= 0.6 is 0 Å². The number of ether oxygens (including phenoxy) is 1. The van der Waals surface area contributed by atoms with Crippen LogP contribution in [0.25, 0.3) is 11.5 Å². The van der Waals surface area contributed by atoms with Gasteiger partial charge in [-0.05, 0) is 39.7 Å². The smallest absolute Gasteiger partial charge is 0.326 e. The van der Waals surface area contributed by atoms with Crippen molar-refractivity contribution in [2.75, 3.05) is 0 Å². The third-order valence-electron chi connectivity index (χ3n) is 4.07. The summed E-state index contributed by atoms with van der Waals surface area (Å²) in [6.45, 7) is 5.98. The number of hydrogen-bond acceptors (Lipinski definition) is 7. The minimum atomic E-state index is -0.663. The van der Waals surface area contributed by atoms with E-state index in [1.165, 1.54) is 0 Å². The van der Waals surface area contributed by atoms with Crippen LogP contribution in [0.2, 0.25) is 0 Å². The molecule has 2 aromatic rings. The van der Waals surface area contributed by atoms with Gasteiger partial charge in [0.1, 0.15) is 17.4 Å². The molecule has 0 radical (unpaired) electrons. The van der Waals surface area contributed by atoms with Gasteiger partial charge in [-0.25, -0.2) is 0 Å². The van der Waals surface area contributed by atoms with Crippen LogP contribution in [0.3, 0.4) is 0 Å². The minimum Gasteiger partial charge on any atom is -0.472 e. The van der Waals surface area contributed by atoms with Gasteiger partial charge in [0.05, 0.1) is 18.4 Å². The Hall–Kier alpha value is -2.15. The summed E-state index contributed by atoms with van der Waals surface area (Å²) in [5, 5.41) is 7.27. The van der Waals surface area contributed by atoms with E-state index in [0.717, 1.165) is 31.2 Å². The molecular formula is C17H23N3O4.